The molecule has 2 rings (SSSR count). The van der Waals surface area contributed by atoms with E-state index in [0.717, 1.165) is 5.56 Å². The van der Waals surface area contributed by atoms with Crippen LogP contribution < -0.4 is 4.74 Å². The largest absolute Gasteiger partial charge is 0.496 e. The second-order valence-corrected chi connectivity index (χ2v) is 3.44. The van der Waals surface area contributed by atoms with Crippen molar-refractivity contribution in [2.45, 2.75) is 13.0 Å². The first-order valence-corrected chi connectivity index (χ1v) is 4.99. The third-order valence-corrected chi connectivity index (χ3v) is 2.27. The average Bonchev–Trinajstić information content (AvgIpc) is 2.78. The van der Waals surface area contributed by atoms with Crippen molar-refractivity contribution in [1.82, 2.24) is 4.98 Å². The maximum atomic E-state index is 9.35. The Morgan fingerprint density at radius 2 is 2.12 bits per heavy atom. The van der Waals surface area contributed by atoms with Gasteiger partial charge in [-0.15, -0.1) is 0 Å². The van der Waals surface area contributed by atoms with Gasteiger partial charge in [0.25, 0.3) is 0 Å². The molecule has 0 radical (unpaired) electrons. The van der Waals surface area contributed by atoms with Crippen LogP contribution in [0.4, 0.5) is 0 Å². The zero-order chi connectivity index (χ0) is 11.5. The van der Waals surface area contributed by atoms with Crippen molar-refractivity contribution in [3.05, 3.63) is 36.2 Å². The fraction of sp³-hybridized carbons (Fsp3) is 0.250. The van der Waals surface area contributed by atoms with Crippen LogP contribution >= 0.6 is 0 Å². The zero-order valence-electron chi connectivity index (χ0n) is 9.18. The number of aliphatic hydroxyl groups excluding tert-OH is 1. The fourth-order valence-corrected chi connectivity index (χ4v) is 1.43. The van der Waals surface area contributed by atoms with E-state index >= 15 is 0 Å². The van der Waals surface area contributed by atoms with Gasteiger partial charge in [-0.25, -0.2) is 4.98 Å². The number of hydrogen-bond acceptors (Lipinski definition) is 4. The molecule has 0 aliphatic carbocycles. The van der Waals surface area contributed by atoms with Crippen LogP contribution in [0.5, 0.6) is 5.75 Å². The predicted octanol–water partition coefficient (Wildman–Crippen LogP) is 2.40. The van der Waals surface area contributed by atoms with Crippen LogP contribution in [0.2, 0.25) is 0 Å². The van der Waals surface area contributed by atoms with Gasteiger partial charge in [-0.1, -0.05) is 12.1 Å². The highest BCUT2D eigenvalue weighted by Gasteiger charge is 2.13. The standard InChI is InChI=1S/C12H13NO3/c1-8(14)11-7-13-12(16-11)9-5-3-4-6-10(9)15-2/h3-8,14H,1-2H3. The van der Waals surface area contributed by atoms with Crippen molar-refractivity contribution >= 4 is 0 Å². The third kappa shape index (κ3) is 1.92. The molecule has 0 amide bonds. The second kappa shape index (κ2) is 4.37. The summed E-state index contributed by atoms with van der Waals surface area (Å²) in [6.45, 7) is 1.63. The van der Waals surface area contributed by atoms with E-state index < -0.39 is 6.10 Å². The molecule has 16 heavy (non-hydrogen) atoms. The van der Waals surface area contributed by atoms with Crippen LogP contribution in [-0.2, 0) is 0 Å². The van der Waals surface area contributed by atoms with E-state index in [9.17, 15) is 5.11 Å². The lowest BCUT2D eigenvalue weighted by Gasteiger charge is -2.04. The first-order chi connectivity index (χ1) is 7.72. The lowest BCUT2D eigenvalue weighted by Crippen LogP contribution is -1.87. The van der Waals surface area contributed by atoms with Crippen molar-refractivity contribution in [2.75, 3.05) is 7.11 Å². The van der Waals surface area contributed by atoms with Gasteiger partial charge >= 0.3 is 0 Å². The van der Waals surface area contributed by atoms with Crippen LogP contribution in [-0.4, -0.2) is 17.2 Å². The van der Waals surface area contributed by atoms with E-state index in [-0.39, 0.29) is 0 Å². The number of aliphatic hydroxyl groups is 1. The van der Waals surface area contributed by atoms with Crippen LogP contribution in [0, 0.1) is 0 Å². The molecule has 1 atom stereocenters. The number of para-hydroxylation sites is 1. The quantitative estimate of drug-likeness (QED) is 0.861. The Labute approximate surface area is 93.5 Å². The summed E-state index contributed by atoms with van der Waals surface area (Å²) in [5.41, 5.74) is 0.775. The minimum Gasteiger partial charge on any atom is -0.496 e. The van der Waals surface area contributed by atoms with Gasteiger partial charge in [0.1, 0.15) is 11.9 Å². The lowest BCUT2D eigenvalue weighted by atomic mass is 10.2. The number of aromatic nitrogens is 1. The number of oxazole rings is 1. The van der Waals surface area contributed by atoms with E-state index in [1.807, 2.05) is 24.3 Å². The molecule has 0 aliphatic heterocycles. The summed E-state index contributed by atoms with van der Waals surface area (Å²) in [6, 6.07) is 7.45. The first kappa shape index (κ1) is 10.7. The molecule has 1 heterocycles. The van der Waals surface area contributed by atoms with Crippen molar-refractivity contribution in [1.29, 1.82) is 0 Å². The van der Waals surface area contributed by atoms with Crippen LogP contribution in [0.3, 0.4) is 0 Å². The smallest absolute Gasteiger partial charge is 0.230 e. The monoisotopic (exact) mass is 219 g/mol. The Balaban J connectivity index is 2.42. The summed E-state index contributed by atoms with van der Waals surface area (Å²) in [6.07, 6.45) is 0.864. The van der Waals surface area contributed by atoms with Crippen molar-refractivity contribution < 1.29 is 14.3 Å². The molecule has 4 nitrogen and oxygen atoms in total. The number of methoxy groups -OCH3 is 1. The van der Waals surface area contributed by atoms with E-state index in [2.05, 4.69) is 4.98 Å². The molecule has 0 fully saturated rings. The number of nitrogens with zero attached hydrogens (tertiary/aromatic N) is 1. The van der Waals surface area contributed by atoms with E-state index in [0.29, 0.717) is 17.4 Å². The van der Waals surface area contributed by atoms with Crippen molar-refractivity contribution in [3.8, 4) is 17.2 Å². The van der Waals surface area contributed by atoms with Crippen LogP contribution in [0.1, 0.15) is 18.8 Å². The number of hydrogen-bond donors (Lipinski definition) is 1. The normalized spacial score (nSPS) is 12.4. The second-order valence-electron chi connectivity index (χ2n) is 3.44. The maximum Gasteiger partial charge on any atom is 0.230 e. The van der Waals surface area contributed by atoms with Gasteiger partial charge in [0.2, 0.25) is 5.89 Å². The maximum absolute atomic E-state index is 9.35. The molecule has 0 saturated carbocycles. The SMILES string of the molecule is COc1ccccc1-c1ncc(C(C)O)o1. The topological polar surface area (TPSA) is 55.5 Å². The summed E-state index contributed by atoms with van der Waals surface area (Å²) in [5, 5.41) is 9.35. The molecule has 0 bridgehead atoms. The minimum absolute atomic E-state index is 0.445. The predicted molar refractivity (Wildman–Crippen MR) is 59.1 cm³/mol. The molecule has 84 valence electrons. The van der Waals surface area contributed by atoms with E-state index in [1.165, 1.54) is 6.20 Å². The third-order valence-electron chi connectivity index (χ3n) is 2.27. The average molecular weight is 219 g/mol. The van der Waals surface area contributed by atoms with Crippen LogP contribution in [0.15, 0.2) is 34.9 Å². The molecule has 1 N–H and O–H groups in total. The number of ether oxygens (including phenoxy) is 1. The Hall–Kier alpha value is -1.81. The van der Waals surface area contributed by atoms with E-state index in [4.69, 9.17) is 9.15 Å². The summed E-state index contributed by atoms with van der Waals surface area (Å²) < 4.78 is 10.6. The van der Waals surface area contributed by atoms with E-state index in [1.54, 1.807) is 14.0 Å². The highest BCUT2D eigenvalue weighted by atomic mass is 16.5. The van der Waals surface area contributed by atoms with Gasteiger partial charge in [0.15, 0.2) is 5.76 Å². The fourth-order valence-electron chi connectivity index (χ4n) is 1.43. The molecular weight excluding hydrogens is 206 g/mol. The molecule has 2 aromatic rings. The highest BCUT2D eigenvalue weighted by Crippen LogP contribution is 2.30. The molecule has 0 aliphatic rings. The number of benzene rings is 1. The molecule has 1 aromatic heterocycles. The summed E-state index contributed by atoms with van der Waals surface area (Å²) in [7, 11) is 1.59. The first-order valence-electron chi connectivity index (χ1n) is 4.99. The van der Waals surface area contributed by atoms with Gasteiger partial charge in [0, 0.05) is 0 Å². The lowest BCUT2D eigenvalue weighted by molar-refractivity contribution is 0.170. The van der Waals surface area contributed by atoms with Gasteiger partial charge in [-0.3, -0.25) is 0 Å². The van der Waals surface area contributed by atoms with Gasteiger partial charge in [-0.2, -0.15) is 0 Å². The molecule has 4 heteroatoms. The molecular formula is C12H13NO3. The highest BCUT2D eigenvalue weighted by molar-refractivity contribution is 5.62. The Kier molecular flexibility index (Phi) is 2.92. The Morgan fingerprint density at radius 1 is 1.38 bits per heavy atom. The van der Waals surface area contributed by atoms with Crippen LogP contribution in [0.25, 0.3) is 11.5 Å². The van der Waals surface area contributed by atoms with Crippen molar-refractivity contribution in [2.24, 2.45) is 0 Å². The van der Waals surface area contributed by atoms with Gasteiger partial charge in [0.05, 0.1) is 18.9 Å². The molecule has 0 saturated heterocycles. The summed E-state index contributed by atoms with van der Waals surface area (Å²) in [5.74, 6) is 1.59. The zero-order valence-corrected chi connectivity index (χ0v) is 9.18. The van der Waals surface area contributed by atoms with Crippen molar-refractivity contribution in [3.63, 3.8) is 0 Å². The Bertz CT molecular complexity index is 477. The molecule has 1 aromatic carbocycles. The Morgan fingerprint density at radius 3 is 2.75 bits per heavy atom. The van der Waals surface area contributed by atoms with Gasteiger partial charge < -0.3 is 14.3 Å². The molecule has 0 spiro atoms. The number of rotatable bonds is 3. The molecule has 1 unspecified atom stereocenters. The van der Waals surface area contributed by atoms with Gasteiger partial charge in [-0.05, 0) is 19.1 Å². The summed E-state index contributed by atoms with van der Waals surface area (Å²) in [4.78, 5) is 4.11. The minimum atomic E-state index is -0.657. The summed E-state index contributed by atoms with van der Waals surface area (Å²) >= 11 is 0.